The summed E-state index contributed by atoms with van der Waals surface area (Å²) in [4.78, 5) is 14.2. The molecule has 126 valence electrons. The van der Waals surface area contributed by atoms with Crippen LogP contribution < -0.4 is 4.74 Å². The van der Waals surface area contributed by atoms with Crippen LogP contribution >= 0.6 is 11.6 Å². The number of ether oxygens (including phenoxy) is 1. The molecule has 1 aliphatic rings. The van der Waals surface area contributed by atoms with E-state index in [2.05, 4.69) is 0 Å². The van der Waals surface area contributed by atoms with Crippen molar-refractivity contribution in [3.63, 3.8) is 0 Å². The molecule has 0 bridgehead atoms. The van der Waals surface area contributed by atoms with Gasteiger partial charge >= 0.3 is 0 Å². The summed E-state index contributed by atoms with van der Waals surface area (Å²) in [6.07, 6.45) is 0.839. The summed E-state index contributed by atoms with van der Waals surface area (Å²) in [5.74, 6) is 0.627. The molecule has 0 saturated heterocycles. The van der Waals surface area contributed by atoms with Crippen molar-refractivity contribution in [1.82, 2.24) is 4.90 Å². The number of benzene rings is 2. The first-order valence-corrected chi connectivity index (χ1v) is 8.32. The van der Waals surface area contributed by atoms with Crippen LogP contribution in [0.25, 0.3) is 0 Å². The molecule has 1 saturated carbocycles. The fourth-order valence-corrected chi connectivity index (χ4v) is 3.09. The number of rotatable bonds is 6. The van der Waals surface area contributed by atoms with Gasteiger partial charge in [-0.25, -0.2) is 4.39 Å². The molecule has 1 fully saturated rings. The Hall–Kier alpha value is -2.07. The topological polar surface area (TPSA) is 29.5 Å². The van der Waals surface area contributed by atoms with Crippen molar-refractivity contribution in [2.45, 2.75) is 12.3 Å². The Bertz CT molecular complexity index is 720. The first-order chi connectivity index (χ1) is 11.6. The summed E-state index contributed by atoms with van der Waals surface area (Å²) >= 11 is 6.20. The Morgan fingerprint density at radius 3 is 2.67 bits per heavy atom. The number of halogens is 2. The summed E-state index contributed by atoms with van der Waals surface area (Å²) < 4.78 is 18.4. The third-order valence-corrected chi connectivity index (χ3v) is 4.64. The highest BCUT2D eigenvalue weighted by Gasteiger charge is 2.45. The highest BCUT2D eigenvalue weighted by Crippen LogP contribution is 2.50. The van der Waals surface area contributed by atoms with Gasteiger partial charge in [0.2, 0.25) is 5.91 Å². The molecule has 0 N–H and O–H groups in total. The van der Waals surface area contributed by atoms with E-state index in [1.807, 2.05) is 24.3 Å². The van der Waals surface area contributed by atoms with Crippen LogP contribution in [0.4, 0.5) is 4.39 Å². The van der Waals surface area contributed by atoms with Gasteiger partial charge in [-0.2, -0.15) is 0 Å². The Labute approximate surface area is 146 Å². The number of likely N-dealkylation sites (N-methyl/N-ethyl adjacent to an activating group) is 1. The third-order valence-electron chi connectivity index (χ3n) is 4.30. The molecular weight excluding hydrogens is 329 g/mol. The smallest absolute Gasteiger partial charge is 0.226 e. The summed E-state index contributed by atoms with van der Waals surface area (Å²) in [6, 6.07) is 13.5. The van der Waals surface area contributed by atoms with Gasteiger partial charge < -0.3 is 9.64 Å². The van der Waals surface area contributed by atoms with Gasteiger partial charge in [0.15, 0.2) is 0 Å². The van der Waals surface area contributed by atoms with Crippen molar-refractivity contribution in [2.24, 2.45) is 5.92 Å². The van der Waals surface area contributed by atoms with Crippen LogP contribution in [0.15, 0.2) is 48.5 Å². The second kappa shape index (κ2) is 7.22. The lowest BCUT2D eigenvalue weighted by atomic mass is 10.1. The quantitative estimate of drug-likeness (QED) is 0.786. The zero-order chi connectivity index (χ0) is 17.1. The zero-order valence-corrected chi connectivity index (χ0v) is 14.2. The summed E-state index contributed by atoms with van der Waals surface area (Å²) in [7, 11) is 1.78. The molecular formula is C19H19ClFNO2. The van der Waals surface area contributed by atoms with Crippen molar-refractivity contribution in [3.05, 3.63) is 64.9 Å². The van der Waals surface area contributed by atoms with Crippen molar-refractivity contribution in [2.75, 3.05) is 20.2 Å². The van der Waals surface area contributed by atoms with Crippen LogP contribution in [0.2, 0.25) is 5.02 Å². The van der Waals surface area contributed by atoms with Gasteiger partial charge in [-0.1, -0.05) is 29.8 Å². The van der Waals surface area contributed by atoms with Crippen molar-refractivity contribution < 1.29 is 13.9 Å². The fraction of sp³-hybridized carbons (Fsp3) is 0.316. The van der Waals surface area contributed by atoms with Gasteiger partial charge in [0.05, 0.1) is 6.54 Å². The van der Waals surface area contributed by atoms with Crippen LogP contribution in [-0.4, -0.2) is 31.0 Å². The SMILES string of the molecule is CN(CCOc1ccc(F)cc1)C(=O)C1CC1c1ccccc1Cl. The minimum absolute atomic E-state index is 0.000668. The van der Waals surface area contributed by atoms with Gasteiger partial charge in [-0.15, -0.1) is 0 Å². The number of amides is 1. The van der Waals surface area contributed by atoms with Gasteiger partial charge in [-0.05, 0) is 48.2 Å². The maximum absolute atomic E-state index is 12.8. The summed E-state index contributed by atoms with van der Waals surface area (Å²) in [5, 5.41) is 0.722. The van der Waals surface area contributed by atoms with Gasteiger partial charge in [-0.3, -0.25) is 4.79 Å². The average molecular weight is 348 g/mol. The van der Waals surface area contributed by atoms with E-state index in [4.69, 9.17) is 16.3 Å². The molecule has 24 heavy (non-hydrogen) atoms. The van der Waals surface area contributed by atoms with E-state index in [9.17, 15) is 9.18 Å². The lowest BCUT2D eigenvalue weighted by Crippen LogP contribution is -2.32. The maximum atomic E-state index is 12.8. The normalized spacial score (nSPS) is 19.0. The number of nitrogens with zero attached hydrogens (tertiary/aromatic N) is 1. The Morgan fingerprint density at radius 1 is 1.25 bits per heavy atom. The van der Waals surface area contributed by atoms with Crippen LogP contribution in [0.5, 0.6) is 5.75 Å². The minimum Gasteiger partial charge on any atom is -0.492 e. The van der Waals surface area contributed by atoms with E-state index in [1.54, 1.807) is 24.1 Å². The number of hydrogen-bond donors (Lipinski definition) is 0. The first-order valence-electron chi connectivity index (χ1n) is 7.94. The highest BCUT2D eigenvalue weighted by atomic mass is 35.5. The van der Waals surface area contributed by atoms with E-state index in [0.29, 0.717) is 18.9 Å². The van der Waals surface area contributed by atoms with Crippen LogP contribution in [0.3, 0.4) is 0 Å². The molecule has 1 aliphatic carbocycles. The molecule has 0 aromatic heterocycles. The molecule has 0 radical (unpaired) electrons. The molecule has 2 aromatic rings. The molecule has 3 nitrogen and oxygen atoms in total. The van der Waals surface area contributed by atoms with Crippen LogP contribution in [0.1, 0.15) is 17.9 Å². The standard InChI is InChI=1S/C19H19ClFNO2/c1-22(10-11-24-14-8-6-13(21)7-9-14)19(23)17-12-16(17)15-4-2-3-5-18(15)20/h2-9,16-17H,10-12H2,1H3. The monoisotopic (exact) mass is 347 g/mol. The molecule has 2 unspecified atom stereocenters. The second-order valence-electron chi connectivity index (χ2n) is 6.03. The molecule has 0 heterocycles. The highest BCUT2D eigenvalue weighted by molar-refractivity contribution is 6.31. The molecule has 0 aliphatic heterocycles. The average Bonchev–Trinajstić information content (AvgIpc) is 3.36. The van der Waals surface area contributed by atoms with E-state index in [1.165, 1.54) is 12.1 Å². The van der Waals surface area contributed by atoms with Gasteiger partial charge in [0.25, 0.3) is 0 Å². The van der Waals surface area contributed by atoms with E-state index >= 15 is 0 Å². The van der Waals surface area contributed by atoms with E-state index in [0.717, 1.165) is 17.0 Å². The van der Waals surface area contributed by atoms with Crippen molar-refractivity contribution in [3.8, 4) is 5.75 Å². The van der Waals surface area contributed by atoms with Crippen LogP contribution in [-0.2, 0) is 4.79 Å². The first kappa shape index (κ1) is 16.8. The molecule has 0 spiro atoms. The van der Waals surface area contributed by atoms with Crippen LogP contribution in [0, 0.1) is 11.7 Å². The van der Waals surface area contributed by atoms with Crippen molar-refractivity contribution in [1.29, 1.82) is 0 Å². The second-order valence-corrected chi connectivity index (χ2v) is 6.44. The fourth-order valence-electron chi connectivity index (χ4n) is 2.81. The lowest BCUT2D eigenvalue weighted by molar-refractivity contribution is -0.131. The van der Waals surface area contributed by atoms with Gasteiger partial charge in [0, 0.05) is 18.0 Å². The minimum atomic E-state index is -0.297. The molecule has 5 heteroatoms. The maximum Gasteiger partial charge on any atom is 0.226 e. The Balaban J connectivity index is 1.47. The van der Waals surface area contributed by atoms with Gasteiger partial charge in [0.1, 0.15) is 18.2 Å². The number of hydrogen-bond acceptors (Lipinski definition) is 2. The Kier molecular flexibility index (Phi) is 5.05. The molecule has 2 aromatic carbocycles. The summed E-state index contributed by atoms with van der Waals surface area (Å²) in [6.45, 7) is 0.860. The van der Waals surface area contributed by atoms with E-state index < -0.39 is 0 Å². The third kappa shape index (κ3) is 3.88. The number of carbonyl (C=O) groups is 1. The zero-order valence-electron chi connectivity index (χ0n) is 13.4. The van der Waals surface area contributed by atoms with Crippen molar-refractivity contribution >= 4 is 17.5 Å². The predicted octanol–water partition coefficient (Wildman–Crippen LogP) is 4.12. The Morgan fingerprint density at radius 2 is 1.96 bits per heavy atom. The molecule has 1 amide bonds. The lowest BCUT2D eigenvalue weighted by Gasteiger charge is -2.17. The number of carbonyl (C=O) groups excluding carboxylic acids is 1. The molecule has 3 rings (SSSR count). The predicted molar refractivity (Wildman–Crippen MR) is 91.8 cm³/mol. The summed E-state index contributed by atoms with van der Waals surface area (Å²) in [5.41, 5.74) is 1.05. The largest absolute Gasteiger partial charge is 0.492 e. The molecule has 2 atom stereocenters. The van der Waals surface area contributed by atoms with E-state index in [-0.39, 0.29) is 23.6 Å².